The van der Waals surface area contributed by atoms with Gasteiger partial charge in [0.15, 0.2) is 0 Å². The highest BCUT2D eigenvalue weighted by Crippen LogP contribution is 2.17. The quantitative estimate of drug-likeness (QED) is 0.796. The Morgan fingerprint density at radius 3 is 2.84 bits per heavy atom. The van der Waals surface area contributed by atoms with Crippen molar-refractivity contribution in [3.63, 3.8) is 0 Å². The molecule has 3 amide bonds. The normalized spacial score (nSPS) is 14.8. The Bertz CT molecular complexity index is 567. The van der Waals surface area contributed by atoms with Crippen LogP contribution < -0.4 is 10.9 Å². The van der Waals surface area contributed by atoms with Gasteiger partial charge in [0.2, 0.25) is 11.5 Å². The summed E-state index contributed by atoms with van der Waals surface area (Å²) < 4.78 is 0. The van der Waals surface area contributed by atoms with Gasteiger partial charge in [-0.1, -0.05) is 11.8 Å². The van der Waals surface area contributed by atoms with Crippen LogP contribution in [0.5, 0.6) is 0 Å². The highest BCUT2D eigenvalue weighted by Gasteiger charge is 2.29. The molecule has 0 spiro atoms. The molecule has 0 aliphatic carbocycles. The third-order valence-electron chi connectivity index (χ3n) is 2.50. The number of hydrogen-bond acceptors (Lipinski definition) is 5. The number of carbonyl (C=O) groups excluding carboxylic acids is 3. The van der Waals surface area contributed by atoms with Crippen molar-refractivity contribution in [3.8, 4) is 0 Å². The Kier molecular flexibility index (Phi) is 4.00. The van der Waals surface area contributed by atoms with Crippen LogP contribution in [0.15, 0.2) is 23.1 Å². The van der Waals surface area contributed by atoms with Crippen molar-refractivity contribution < 1.29 is 14.4 Å². The number of aromatic nitrogens is 1. The zero-order valence-electron chi connectivity index (χ0n) is 9.84. The van der Waals surface area contributed by atoms with Gasteiger partial charge < -0.3 is 10.3 Å². The lowest BCUT2D eigenvalue weighted by atomic mass is 10.2. The number of amides is 3. The standard InChI is InChI=1S/C11H11N3O4S/c15-8-5-7(1-2-12-8)10(17)13-3-4-14-9(16)6-19-11(14)18/h1-2,5H,3-4,6H2,(H,12,15)(H,13,17). The van der Waals surface area contributed by atoms with E-state index in [0.717, 1.165) is 16.7 Å². The molecule has 0 unspecified atom stereocenters. The fourth-order valence-corrected chi connectivity index (χ4v) is 2.32. The van der Waals surface area contributed by atoms with Gasteiger partial charge in [-0.25, -0.2) is 0 Å². The first kappa shape index (κ1) is 13.3. The average molecular weight is 281 g/mol. The maximum absolute atomic E-state index is 11.7. The molecule has 0 atom stereocenters. The molecule has 2 rings (SSSR count). The number of imide groups is 1. The topological polar surface area (TPSA) is 99.3 Å². The molecule has 100 valence electrons. The molecule has 1 aliphatic heterocycles. The van der Waals surface area contributed by atoms with Crippen LogP contribution in [-0.4, -0.2) is 45.8 Å². The summed E-state index contributed by atoms with van der Waals surface area (Å²) in [5, 5.41) is 2.25. The van der Waals surface area contributed by atoms with Crippen LogP contribution in [0.4, 0.5) is 4.79 Å². The average Bonchev–Trinajstić information content (AvgIpc) is 2.70. The van der Waals surface area contributed by atoms with Gasteiger partial charge in [-0.3, -0.25) is 24.1 Å². The summed E-state index contributed by atoms with van der Waals surface area (Å²) in [5.74, 6) is -0.515. The number of pyridine rings is 1. The van der Waals surface area contributed by atoms with Gasteiger partial charge in [0.25, 0.3) is 11.1 Å². The van der Waals surface area contributed by atoms with Crippen LogP contribution in [0.25, 0.3) is 0 Å². The largest absolute Gasteiger partial charge is 0.350 e. The molecule has 2 N–H and O–H groups in total. The van der Waals surface area contributed by atoms with E-state index in [1.165, 1.54) is 18.3 Å². The number of thioether (sulfide) groups is 1. The summed E-state index contributed by atoms with van der Waals surface area (Å²) in [4.78, 5) is 48.8. The molecule has 0 bridgehead atoms. The number of rotatable bonds is 4. The highest BCUT2D eigenvalue weighted by molar-refractivity contribution is 8.14. The molecular formula is C11H11N3O4S. The van der Waals surface area contributed by atoms with E-state index in [4.69, 9.17) is 0 Å². The molecule has 1 aromatic heterocycles. The van der Waals surface area contributed by atoms with Gasteiger partial charge in [-0.15, -0.1) is 0 Å². The lowest BCUT2D eigenvalue weighted by Gasteiger charge is -2.12. The fraction of sp³-hybridized carbons (Fsp3) is 0.273. The van der Waals surface area contributed by atoms with E-state index in [2.05, 4.69) is 10.3 Å². The number of aromatic amines is 1. The summed E-state index contributed by atoms with van der Waals surface area (Å²) >= 11 is 0.950. The number of carbonyl (C=O) groups is 3. The van der Waals surface area contributed by atoms with Crippen molar-refractivity contribution in [2.75, 3.05) is 18.8 Å². The molecular weight excluding hydrogens is 270 g/mol. The number of H-pyrrole nitrogens is 1. The Labute approximate surface area is 112 Å². The predicted molar refractivity (Wildman–Crippen MR) is 69.0 cm³/mol. The second kappa shape index (κ2) is 5.70. The lowest BCUT2D eigenvalue weighted by Crippen LogP contribution is -2.37. The Hall–Kier alpha value is -2.09. The number of nitrogens with zero attached hydrogens (tertiary/aromatic N) is 1. The summed E-state index contributed by atoms with van der Waals surface area (Å²) in [6, 6.07) is 2.65. The first-order valence-corrected chi connectivity index (χ1v) is 6.50. The minimum absolute atomic E-state index is 0.138. The first-order chi connectivity index (χ1) is 9.08. The zero-order valence-corrected chi connectivity index (χ0v) is 10.7. The molecule has 7 nitrogen and oxygen atoms in total. The van der Waals surface area contributed by atoms with Gasteiger partial charge in [0.05, 0.1) is 5.75 Å². The van der Waals surface area contributed by atoms with E-state index in [0.29, 0.717) is 0 Å². The molecule has 1 saturated heterocycles. The van der Waals surface area contributed by atoms with Crippen LogP contribution in [0, 0.1) is 0 Å². The summed E-state index contributed by atoms with van der Waals surface area (Å²) in [7, 11) is 0. The minimum Gasteiger partial charge on any atom is -0.350 e. The summed E-state index contributed by atoms with van der Waals surface area (Å²) in [6.45, 7) is 0.295. The van der Waals surface area contributed by atoms with Gasteiger partial charge in [0.1, 0.15) is 0 Å². The van der Waals surface area contributed by atoms with Crippen molar-refractivity contribution in [2.45, 2.75) is 0 Å². The molecule has 19 heavy (non-hydrogen) atoms. The molecule has 2 heterocycles. The van der Waals surface area contributed by atoms with Crippen LogP contribution in [0.1, 0.15) is 10.4 Å². The van der Waals surface area contributed by atoms with Crippen molar-refractivity contribution in [3.05, 3.63) is 34.2 Å². The van der Waals surface area contributed by atoms with Gasteiger partial charge in [-0.2, -0.15) is 0 Å². The molecule has 1 aliphatic rings. The maximum Gasteiger partial charge on any atom is 0.288 e. The maximum atomic E-state index is 11.7. The SMILES string of the molecule is O=C(NCCN1C(=O)CSC1=O)c1cc[nH]c(=O)c1. The Morgan fingerprint density at radius 1 is 1.42 bits per heavy atom. The van der Waals surface area contributed by atoms with Crippen LogP contribution >= 0.6 is 11.8 Å². The third-order valence-corrected chi connectivity index (χ3v) is 3.36. The zero-order chi connectivity index (χ0) is 13.8. The molecule has 0 saturated carbocycles. The molecule has 1 aromatic rings. The van der Waals surface area contributed by atoms with Crippen LogP contribution in [-0.2, 0) is 4.79 Å². The van der Waals surface area contributed by atoms with Crippen LogP contribution in [0.3, 0.4) is 0 Å². The van der Waals surface area contributed by atoms with Crippen molar-refractivity contribution in [1.29, 1.82) is 0 Å². The first-order valence-electron chi connectivity index (χ1n) is 5.52. The smallest absolute Gasteiger partial charge is 0.288 e. The van der Waals surface area contributed by atoms with Crippen molar-refractivity contribution in [1.82, 2.24) is 15.2 Å². The second-order valence-electron chi connectivity index (χ2n) is 3.80. The predicted octanol–water partition coefficient (Wildman–Crippen LogP) is -0.200. The number of nitrogens with one attached hydrogen (secondary N) is 2. The summed E-state index contributed by atoms with van der Waals surface area (Å²) in [5.41, 5.74) is -0.133. The van der Waals surface area contributed by atoms with E-state index in [-0.39, 0.29) is 41.1 Å². The molecule has 0 radical (unpaired) electrons. The molecule has 1 fully saturated rings. The lowest BCUT2D eigenvalue weighted by molar-refractivity contribution is -0.124. The van der Waals surface area contributed by atoms with Crippen LogP contribution in [0.2, 0.25) is 0 Å². The molecule has 8 heteroatoms. The van der Waals surface area contributed by atoms with E-state index in [1.807, 2.05) is 0 Å². The van der Waals surface area contributed by atoms with Crippen molar-refractivity contribution in [2.24, 2.45) is 0 Å². The molecule has 0 aromatic carbocycles. The summed E-state index contributed by atoms with van der Waals surface area (Å²) in [6.07, 6.45) is 1.38. The van der Waals surface area contributed by atoms with E-state index < -0.39 is 5.91 Å². The fourth-order valence-electron chi connectivity index (χ4n) is 1.57. The van der Waals surface area contributed by atoms with E-state index in [9.17, 15) is 19.2 Å². The van der Waals surface area contributed by atoms with Gasteiger partial charge in [-0.05, 0) is 6.07 Å². The third kappa shape index (κ3) is 3.22. The Morgan fingerprint density at radius 2 is 2.21 bits per heavy atom. The Balaban J connectivity index is 1.86. The van der Waals surface area contributed by atoms with E-state index in [1.54, 1.807) is 0 Å². The van der Waals surface area contributed by atoms with Gasteiger partial charge >= 0.3 is 0 Å². The van der Waals surface area contributed by atoms with E-state index >= 15 is 0 Å². The monoisotopic (exact) mass is 281 g/mol. The highest BCUT2D eigenvalue weighted by atomic mass is 32.2. The van der Waals surface area contributed by atoms with Crippen molar-refractivity contribution >= 4 is 28.8 Å². The minimum atomic E-state index is -0.419. The second-order valence-corrected chi connectivity index (χ2v) is 4.72. The number of hydrogen-bond donors (Lipinski definition) is 2. The van der Waals surface area contributed by atoms with Gasteiger partial charge in [0, 0.05) is 30.9 Å².